The van der Waals surface area contributed by atoms with E-state index in [-0.39, 0.29) is 41.3 Å². The Bertz CT molecular complexity index is 1750. The van der Waals surface area contributed by atoms with Gasteiger partial charge in [-0.3, -0.25) is 4.90 Å². The Morgan fingerprint density at radius 3 is 2.18 bits per heavy atom. The predicted octanol–water partition coefficient (Wildman–Crippen LogP) is 6.31. The van der Waals surface area contributed by atoms with Crippen LogP contribution < -0.4 is 20.2 Å². The van der Waals surface area contributed by atoms with Crippen LogP contribution in [0.5, 0.6) is 0 Å². The topological polar surface area (TPSA) is 95.7 Å². The monoisotopic (exact) mass is 703 g/mol. The van der Waals surface area contributed by atoms with Gasteiger partial charge in [-0.05, 0) is 48.2 Å². The van der Waals surface area contributed by atoms with E-state index in [9.17, 15) is 4.79 Å². The molecule has 4 aromatic rings. The van der Waals surface area contributed by atoms with Crippen LogP contribution in [0.4, 0.5) is 20.7 Å². The number of amides is 1. The maximum atomic E-state index is 16.6. The molecule has 1 unspecified atom stereocenters. The molecule has 3 aromatic carbocycles. The second-order valence-electron chi connectivity index (χ2n) is 14.5. The molecule has 0 aliphatic carbocycles. The standard InChI is InChI=1S/C38H46FN3O7Si/c1-25-22-41(23-26(2)48-25)33-30(36-44-19-20-45-36)21-31-34(32(33)39)49-40-35(31)42-27(24-46-37(42)43)13-12-18-47-50(38(3,4)5,28-14-8-6-9-15-28)29-16-10-7-11-17-29/h6-11,14-17,21,25-27,36H,12-13,18-20,22-24H2,1-5H3/t25-,26-,27?/m1/s1. The van der Waals surface area contributed by atoms with Gasteiger partial charge in [0, 0.05) is 25.3 Å². The van der Waals surface area contributed by atoms with Crippen molar-refractivity contribution in [2.75, 3.05) is 49.3 Å². The number of halogens is 1. The largest absolute Gasteiger partial charge is 0.447 e. The number of nitrogens with zero attached hydrogens (tertiary/aromatic N) is 3. The zero-order valence-electron chi connectivity index (χ0n) is 29.4. The minimum atomic E-state index is -2.72. The van der Waals surface area contributed by atoms with Crippen molar-refractivity contribution in [3.8, 4) is 0 Å². The lowest BCUT2D eigenvalue weighted by Gasteiger charge is -2.43. The van der Waals surface area contributed by atoms with Crippen LogP contribution in [0.2, 0.25) is 5.04 Å². The first-order chi connectivity index (χ1) is 24.1. The zero-order chi connectivity index (χ0) is 35.0. The number of ether oxygens (including phenoxy) is 4. The van der Waals surface area contributed by atoms with E-state index in [1.807, 2.05) is 30.9 Å². The van der Waals surface area contributed by atoms with Crippen molar-refractivity contribution in [2.24, 2.45) is 0 Å². The molecule has 12 heteroatoms. The molecular formula is C38H46FN3O7Si. The summed E-state index contributed by atoms with van der Waals surface area (Å²) in [6, 6.07) is 22.5. The van der Waals surface area contributed by atoms with Crippen molar-refractivity contribution >= 4 is 47.3 Å². The minimum absolute atomic E-state index is 0.0305. The van der Waals surface area contributed by atoms with Gasteiger partial charge in [0.15, 0.2) is 17.9 Å². The van der Waals surface area contributed by atoms with Crippen LogP contribution in [0.3, 0.4) is 0 Å². The van der Waals surface area contributed by atoms with Gasteiger partial charge < -0.3 is 32.8 Å². The fraction of sp³-hybridized carbons (Fsp3) is 0.474. The Balaban J connectivity index is 1.16. The molecule has 10 nitrogen and oxygen atoms in total. The molecule has 0 bridgehead atoms. The third-order valence-electron chi connectivity index (χ3n) is 9.91. The van der Waals surface area contributed by atoms with Gasteiger partial charge in [0.1, 0.15) is 6.61 Å². The van der Waals surface area contributed by atoms with Gasteiger partial charge in [-0.15, -0.1) is 0 Å². The number of hydrogen-bond donors (Lipinski definition) is 0. The molecule has 3 atom stereocenters. The summed E-state index contributed by atoms with van der Waals surface area (Å²) >= 11 is 0. The Morgan fingerprint density at radius 1 is 0.960 bits per heavy atom. The van der Waals surface area contributed by atoms with E-state index >= 15 is 4.39 Å². The van der Waals surface area contributed by atoms with Crippen LogP contribution in [-0.4, -0.2) is 77.3 Å². The number of morpholine rings is 1. The maximum Gasteiger partial charge on any atom is 0.416 e. The zero-order valence-corrected chi connectivity index (χ0v) is 30.4. The number of benzene rings is 3. The number of rotatable bonds is 10. The molecular weight excluding hydrogens is 658 g/mol. The quantitative estimate of drug-likeness (QED) is 0.139. The maximum absolute atomic E-state index is 16.6. The number of cyclic esters (lactones) is 1. The van der Waals surface area contributed by atoms with Crippen molar-refractivity contribution in [3.63, 3.8) is 0 Å². The van der Waals surface area contributed by atoms with E-state index in [4.69, 9.17) is 27.9 Å². The van der Waals surface area contributed by atoms with Gasteiger partial charge in [0.05, 0.1) is 42.5 Å². The summed E-state index contributed by atoms with van der Waals surface area (Å²) in [5.74, 6) is -0.353. The van der Waals surface area contributed by atoms with Crippen molar-refractivity contribution in [1.82, 2.24) is 5.16 Å². The first kappa shape index (κ1) is 34.6. The van der Waals surface area contributed by atoms with Crippen LogP contribution in [-0.2, 0) is 23.4 Å². The number of fused-ring (bicyclic) bond motifs is 1. The Labute approximate surface area is 293 Å². The number of anilines is 2. The minimum Gasteiger partial charge on any atom is -0.447 e. The van der Waals surface area contributed by atoms with Crippen LogP contribution in [0.15, 0.2) is 71.3 Å². The molecule has 3 aliphatic rings. The van der Waals surface area contributed by atoms with E-state index in [0.29, 0.717) is 62.4 Å². The molecule has 0 N–H and O–H groups in total. The highest BCUT2D eigenvalue weighted by Gasteiger charge is 2.50. The van der Waals surface area contributed by atoms with Crippen LogP contribution in [0.25, 0.3) is 11.0 Å². The van der Waals surface area contributed by atoms with E-state index < -0.39 is 26.5 Å². The lowest BCUT2D eigenvalue weighted by molar-refractivity contribution is -0.0445. The number of carbonyl (C=O) groups excluding carboxylic acids is 1. The van der Waals surface area contributed by atoms with E-state index in [0.717, 1.165) is 0 Å². The fourth-order valence-electron chi connectivity index (χ4n) is 7.85. The van der Waals surface area contributed by atoms with Gasteiger partial charge in [-0.1, -0.05) is 86.6 Å². The number of hydrogen-bond acceptors (Lipinski definition) is 9. The van der Waals surface area contributed by atoms with Gasteiger partial charge in [-0.25, -0.2) is 9.18 Å². The summed E-state index contributed by atoms with van der Waals surface area (Å²) < 4.78 is 52.6. The van der Waals surface area contributed by atoms with Crippen molar-refractivity contribution in [2.45, 2.75) is 77.0 Å². The van der Waals surface area contributed by atoms with Crippen molar-refractivity contribution in [1.29, 1.82) is 0 Å². The van der Waals surface area contributed by atoms with Crippen molar-refractivity contribution < 1.29 is 37.1 Å². The molecule has 1 aromatic heterocycles. The van der Waals surface area contributed by atoms with E-state index in [1.54, 1.807) is 6.07 Å². The highest BCUT2D eigenvalue weighted by atomic mass is 28.4. The summed E-state index contributed by atoms with van der Waals surface area (Å²) in [6.07, 6.45) is -0.257. The SMILES string of the molecule is C[C@@H]1CN(c2c(C3OCCO3)cc3c(N4C(=O)OCC4CCCO[Si](c4ccccc4)(c4ccccc4)C(C)(C)C)noc3c2F)C[C@@H](C)O1. The third kappa shape index (κ3) is 6.32. The molecule has 3 aliphatic heterocycles. The number of carbonyl (C=O) groups is 1. The Morgan fingerprint density at radius 2 is 1.58 bits per heavy atom. The van der Waals surface area contributed by atoms with Gasteiger partial charge >= 0.3 is 6.09 Å². The highest BCUT2D eigenvalue weighted by molar-refractivity contribution is 6.99. The van der Waals surface area contributed by atoms with Crippen LogP contribution in [0.1, 0.15) is 59.3 Å². The smallest absolute Gasteiger partial charge is 0.416 e. The fourth-order valence-corrected chi connectivity index (χ4v) is 12.5. The first-order valence-electron chi connectivity index (χ1n) is 17.5. The first-order valence-corrected chi connectivity index (χ1v) is 19.5. The van der Waals surface area contributed by atoms with E-state index in [1.165, 1.54) is 15.3 Å². The summed E-state index contributed by atoms with van der Waals surface area (Å²) in [5.41, 5.74) is 0.841. The molecule has 0 radical (unpaired) electrons. The number of aromatic nitrogens is 1. The van der Waals surface area contributed by atoms with Crippen molar-refractivity contribution in [3.05, 3.63) is 78.1 Å². The molecule has 50 heavy (non-hydrogen) atoms. The molecule has 4 heterocycles. The molecule has 0 spiro atoms. The molecule has 0 saturated carbocycles. The summed E-state index contributed by atoms with van der Waals surface area (Å²) in [5, 5.41) is 6.89. The van der Waals surface area contributed by atoms with Gasteiger partial charge in [-0.2, -0.15) is 0 Å². The molecule has 266 valence electrons. The normalized spacial score (nSPS) is 22.1. The van der Waals surface area contributed by atoms with Crippen LogP contribution >= 0.6 is 0 Å². The molecule has 1 amide bonds. The lowest BCUT2D eigenvalue weighted by Crippen LogP contribution is -2.66. The second-order valence-corrected chi connectivity index (χ2v) is 18.8. The average molecular weight is 704 g/mol. The van der Waals surface area contributed by atoms with Crippen LogP contribution in [0, 0.1) is 5.82 Å². The average Bonchev–Trinajstić information content (AvgIpc) is 3.85. The van der Waals surface area contributed by atoms with Gasteiger partial charge in [0.25, 0.3) is 8.32 Å². The molecule has 3 saturated heterocycles. The highest BCUT2D eigenvalue weighted by Crippen LogP contribution is 2.43. The summed E-state index contributed by atoms with van der Waals surface area (Å²) in [6.45, 7) is 13.1. The van der Waals surface area contributed by atoms with Gasteiger partial charge in [0.2, 0.25) is 5.58 Å². The Kier molecular flexibility index (Phi) is 9.74. The lowest BCUT2D eigenvalue weighted by atomic mass is 10.0. The molecule has 3 fully saturated rings. The summed E-state index contributed by atoms with van der Waals surface area (Å²) in [4.78, 5) is 16.7. The molecule has 7 rings (SSSR count). The summed E-state index contributed by atoms with van der Waals surface area (Å²) in [7, 11) is -2.72. The van der Waals surface area contributed by atoms with E-state index in [2.05, 4.69) is 74.5 Å². The Hall–Kier alpha value is -3.81. The third-order valence-corrected chi connectivity index (χ3v) is 14.9. The predicted molar refractivity (Wildman–Crippen MR) is 191 cm³/mol. The second kappa shape index (κ2) is 14.1.